The van der Waals surface area contributed by atoms with Crippen LogP contribution in [0.15, 0.2) is 0 Å². The lowest BCUT2D eigenvalue weighted by Crippen LogP contribution is -1.80. The molecule has 0 aromatic heterocycles. The van der Waals surface area contributed by atoms with E-state index in [-0.39, 0.29) is 0 Å². The Bertz CT molecular complexity index is 14.4. The largest absolute Gasteiger partial charge is 0.438 e. The van der Waals surface area contributed by atoms with Crippen molar-refractivity contribution in [2.24, 2.45) is 0 Å². The summed E-state index contributed by atoms with van der Waals surface area (Å²) in [6, 6.07) is 1.08. The monoisotopic (exact) mass is 90.1 g/mol. The number of hydrogen-bond acceptors (Lipinski definition) is 1. The molecule has 0 bridgehead atoms. The van der Waals surface area contributed by atoms with Gasteiger partial charge in [-0.1, -0.05) is 13.3 Å². The fourth-order valence-electron chi connectivity index (χ4n) is 0.158. The number of rotatable bonds is 2. The first-order chi connectivity index (χ1) is 2.41. The smallest absolute Gasteiger partial charge is 0.156 e. The van der Waals surface area contributed by atoms with Gasteiger partial charge in [0.05, 0.1) is 0 Å². The van der Waals surface area contributed by atoms with Crippen LogP contribution in [0.25, 0.3) is 0 Å². The first kappa shape index (κ1) is 5.18. The zero-order valence-electron chi connectivity index (χ0n) is 3.57. The summed E-state index contributed by atoms with van der Waals surface area (Å²) in [4.78, 5) is 8.21. The van der Waals surface area contributed by atoms with Gasteiger partial charge in [0, 0.05) is 0 Å². The quantitative estimate of drug-likeness (QED) is 0.469. The molecule has 0 atom stereocenters. The Balaban J connectivity index is 2.19. The van der Waals surface area contributed by atoms with Gasteiger partial charge in [0.1, 0.15) is 0 Å². The maximum Gasteiger partial charge on any atom is 0.156 e. The molecule has 0 spiro atoms. The van der Waals surface area contributed by atoms with Gasteiger partial charge in [0.15, 0.2) is 9.76 Å². The number of hydrogen-bond donors (Lipinski definition) is 1. The van der Waals surface area contributed by atoms with Crippen molar-refractivity contribution < 1.29 is 4.80 Å². The van der Waals surface area contributed by atoms with Gasteiger partial charge >= 0.3 is 0 Å². The minimum Gasteiger partial charge on any atom is -0.438 e. The van der Waals surface area contributed by atoms with Gasteiger partial charge in [0.2, 0.25) is 0 Å². The second-order valence-corrected chi connectivity index (χ2v) is 2.23. The molecule has 0 aliphatic rings. The Morgan fingerprint density at radius 1 is 1.80 bits per heavy atom. The molecular weight excluding hydrogens is 80.1 g/mol. The van der Waals surface area contributed by atoms with Gasteiger partial charge in [-0.05, 0) is 6.04 Å². The molecule has 2 heteroatoms. The summed E-state index contributed by atoms with van der Waals surface area (Å²) < 4.78 is 0. The van der Waals surface area contributed by atoms with Gasteiger partial charge in [-0.2, -0.15) is 0 Å². The average molecular weight is 90.2 g/mol. The average Bonchev–Trinajstić information content (AvgIpc) is 1.41. The van der Waals surface area contributed by atoms with Crippen LogP contribution in [0.4, 0.5) is 0 Å². The van der Waals surface area contributed by atoms with E-state index in [0.717, 1.165) is 12.5 Å². The maximum absolute atomic E-state index is 8.21. The summed E-state index contributed by atoms with van der Waals surface area (Å²) >= 11 is 0. The SMILES string of the molecule is CCC[SiH2]O. The van der Waals surface area contributed by atoms with Crippen LogP contribution >= 0.6 is 0 Å². The Hall–Kier alpha value is 0.177. The van der Waals surface area contributed by atoms with Crippen LogP contribution in [0.2, 0.25) is 6.04 Å². The molecule has 0 amide bonds. The van der Waals surface area contributed by atoms with E-state index >= 15 is 0 Å². The van der Waals surface area contributed by atoms with Crippen molar-refractivity contribution in [2.45, 2.75) is 19.4 Å². The van der Waals surface area contributed by atoms with Gasteiger partial charge in [-0.3, -0.25) is 0 Å². The van der Waals surface area contributed by atoms with Crippen LogP contribution in [0, 0.1) is 0 Å². The van der Waals surface area contributed by atoms with Crippen molar-refractivity contribution in [3.05, 3.63) is 0 Å². The van der Waals surface area contributed by atoms with Crippen LogP contribution in [-0.2, 0) is 0 Å². The zero-order valence-corrected chi connectivity index (χ0v) is 4.98. The van der Waals surface area contributed by atoms with Gasteiger partial charge in [-0.15, -0.1) is 0 Å². The standard InChI is InChI=1S/C3H10OSi/c1-2-3-5-4/h4H,2-3,5H2,1H3. The van der Waals surface area contributed by atoms with E-state index in [2.05, 4.69) is 6.92 Å². The molecule has 0 aliphatic heterocycles. The predicted octanol–water partition coefficient (Wildman–Crippen LogP) is -0.109. The minimum absolute atomic E-state index is 0.586. The summed E-state index contributed by atoms with van der Waals surface area (Å²) in [6.07, 6.45) is 1.16. The zero-order chi connectivity index (χ0) is 4.12. The van der Waals surface area contributed by atoms with E-state index in [1.165, 1.54) is 0 Å². The molecule has 0 fully saturated rings. The first-order valence-electron chi connectivity index (χ1n) is 2.02. The van der Waals surface area contributed by atoms with Crippen molar-refractivity contribution in [3.63, 3.8) is 0 Å². The third-order valence-corrected chi connectivity index (χ3v) is 1.54. The second-order valence-electron chi connectivity index (χ2n) is 1.08. The molecule has 5 heavy (non-hydrogen) atoms. The Morgan fingerprint density at radius 2 is 2.40 bits per heavy atom. The molecule has 1 N–H and O–H groups in total. The first-order valence-corrected chi connectivity index (χ1v) is 3.66. The topological polar surface area (TPSA) is 20.2 Å². The molecule has 0 saturated heterocycles. The fraction of sp³-hybridized carbons (Fsp3) is 1.00. The highest BCUT2D eigenvalue weighted by molar-refractivity contribution is 6.25. The van der Waals surface area contributed by atoms with E-state index in [4.69, 9.17) is 4.80 Å². The van der Waals surface area contributed by atoms with E-state index in [1.807, 2.05) is 0 Å². The van der Waals surface area contributed by atoms with Gasteiger partial charge < -0.3 is 4.80 Å². The van der Waals surface area contributed by atoms with Crippen LogP contribution < -0.4 is 0 Å². The Kier molecular flexibility index (Phi) is 4.32. The molecule has 0 saturated carbocycles. The summed E-state index contributed by atoms with van der Waals surface area (Å²) in [5, 5.41) is 0. The highest BCUT2D eigenvalue weighted by Gasteiger charge is 1.71. The molecule has 0 aliphatic carbocycles. The van der Waals surface area contributed by atoms with E-state index < -0.39 is 9.76 Å². The Morgan fingerprint density at radius 3 is 2.40 bits per heavy atom. The van der Waals surface area contributed by atoms with E-state index in [1.54, 1.807) is 0 Å². The van der Waals surface area contributed by atoms with Gasteiger partial charge in [-0.25, -0.2) is 0 Å². The van der Waals surface area contributed by atoms with Crippen molar-refractivity contribution in [2.75, 3.05) is 0 Å². The second kappa shape index (κ2) is 4.18. The molecule has 0 unspecified atom stereocenters. The molecule has 32 valence electrons. The lowest BCUT2D eigenvalue weighted by Gasteiger charge is -1.77. The maximum atomic E-state index is 8.21. The van der Waals surface area contributed by atoms with Crippen molar-refractivity contribution in [3.8, 4) is 0 Å². The van der Waals surface area contributed by atoms with Crippen molar-refractivity contribution in [1.29, 1.82) is 0 Å². The summed E-state index contributed by atoms with van der Waals surface area (Å²) in [5.74, 6) is 0. The predicted molar refractivity (Wildman–Crippen MR) is 25.9 cm³/mol. The summed E-state index contributed by atoms with van der Waals surface area (Å²) in [5.41, 5.74) is 0. The van der Waals surface area contributed by atoms with Gasteiger partial charge in [0.25, 0.3) is 0 Å². The van der Waals surface area contributed by atoms with Crippen molar-refractivity contribution in [1.82, 2.24) is 0 Å². The van der Waals surface area contributed by atoms with Crippen molar-refractivity contribution >= 4 is 9.76 Å². The van der Waals surface area contributed by atoms with Crippen LogP contribution in [-0.4, -0.2) is 14.6 Å². The highest BCUT2D eigenvalue weighted by atomic mass is 28.2. The van der Waals surface area contributed by atoms with E-state index in [9.17, 15) is 0 Å². The van der Waals surface area contributed by atoms with Crippen LogP contribution in [0.3, 0.4) is 0 Å². The molecule has 0 heterocycles. The van der Waals surface area contributed by atoms with E-state index in [0.29, 0.717) is 0 Å². The molecule has 0 aromatic rings. The lowest BCUT2D eigenvalue weighted by atomic mass is 10.6. The minimum atomic E-state index is -0.586. The normalized spacial score (nSPS) is 10.8. The molecule has 0 radical (unpaired) electrons. The summed E-state index contributed by atoms with van der Waals surface area (Å²) in [7, 11) is -0.586. The molecule has 0 aromatic carbocycles. The molecule has 1 nitrogen and oxygen atoms in total. The molecular formula is C3H10OSi. The molecule has 0 rings (SSSR count). The Labute approximate surface area is 35.0 Å². The third-order valence-electron chi connectivity index (χ3n) is 0.512. The van der Waals surface area contributed by atoms with Crippen LogP contribution in [0.5, 0.6) is 0 Å². The van der Waals surface area contributed by atoms with Crippen LogP contribution in [0.1, 0.15) is 13.3 Å². The summed E-state index contributed by atoms with van der Waals surface area (Å²) in [6.45, 7) is 2.09. The third kappa shape index (κ3) is 4.18. The lowest BCUT2D eigenvalue weighted by molar-refractivity contribution is 0.598. The highest BCUT2D eigenvalue weighted by Crippen LogP contribution is 1.78. The fourth-order valence-corrected chi connectivity index (χ4v) is 0.474.